The van der Waals surface area contributed by atoms with Gasteiger partial charge in [-0.1, -0.05) is 11.6 Å². The minimum Gasteiger partial charge on any atom is -0.289 e. The second kappa shape index (κ2) is 5.14. The molecule has 0 fully saturated rings. The van der Waals surface area contributed by atoms with Crippen molar-refractivity contribution >= 4 is 23.5 Å². The summed E-state index contributed by atoms with van der Waals surface area (Å²) in [5, 5.41) is 7.06. The van der Waals surface area contributed by atoms with Crippen LogP contribution in [0.3, 0.4) is 0 Å². The summed E-state index contributed by atoms with van der Waals surface area (Å²) in [5.74, 6) is -0.131. The first kappa shape index (κ1) is 12.5. The zero-order valence-corrected chi connectivity index (χ0v) is 10.8. The fourth-order valence-electron chi connectivity index (χ4n) is 1.53. The molecule has 0 atom stereocenters. The first-order chi connectivity index (χ1) is 8.60. The van der Waals surface area contributed by atoms with Crippen LogP contribution in [0.5, 0.6) is 0 Å². The Bertz CT molecular complexity index is 581. The first-order valence-corrected chi connectivity index (χ1v) is 5.82. The molecule has 18 heavy (non-hydrogen) atoms. The quantitative estimate of drug-likeness (QED) is 0.861. The fourth-order valence-corrected chi connectivity index (χ4v) is 1.67. The minimum absolute atomic E-state index is 0.175. The number of aryl methyl sites for hydroxylation is 2. The zero-order valence-electron chi connectivity index (χ0n) is 10.0. The number of carbonyl (C=O) groups is 1. The topological polar surface area (TPSA) is 72.7 Å². The molecule has 0 unspecified atom stereocenters. The number of amides is 1. The summed E-state index contributed by atoms with van der Waals surface area (Å²) < 4.78 is 1.62. The van der Waals surface area contributed by atoms with E-state index in [-0.39, 0.29) is 17.0 Å². The fraction of sp³-hybridized carbons (Fsp3) is 0.273. The van der Waals surface area contributed by atoms with Gasteiger partial charge in [-0.05, 0) is 26.0 Å². The van der Waals surface area contributed by atoms with Crippen molar-refractivity contribution in [2.45, 2.75) is 20.4 Å². The molecular formula is C11H12ClN5O. The summed E-state index contributed by atoms with van der Waals surface area (Å²) in [6.07, 6.45) is 1.48. The first-order valence-electron chi connectivity index (χ1n) is 5.44. The van der Waals surface area contributed by atoms with Crippen LogP contribution in [0.2, 0.25) is 5.15 Å². The summed E-state index contributed by atoms with van der Waals surface area (Å²) in [7, 11) is 0. The molecule has 7 heteroatoms. The molecule has 2 heterocycles. The third kappa shape index (κ3) is 2.65. The molecule has 0 aliphatic heterocycles. The number of nitrogens with one attached hydrogen (secondary N) is 1. The molecule has 1 amide bonds. The number of nitrogens with zero attached hydrogens (tertiary/aromatic N) is 4. The lowest BCUT2D eigenvalue weighted by Gasteiger charge is -2.05. The van der Waals surface area contributed by atoms with Crippen LogP contribution >= 0.6 is 11.6 Å². The number of rotatable bonds is 3. The van der Waals surface area contributed by atoms with Crippen LogP contribution in [0.1, 0.15) is 23.1 Å². The normalized spacial score (nSPS) is 10.4. The van der Waals surface area contributed by atoms with Gasteiger partial charge in [0.2, 0.25) is 5.95 Å². The predicted molar refractivity (Wildman–Crippen MR) is 67.6 cm³/mol. The second-order valence-electron chi connectivity index (χ2n) is 3.64. The molecule has 0 aliphatic carbocycles. The molecule has 0 radical (unpaired) electrons. The highest BCUT2D eigenvalue weighted by Gasteiger charge is 2.14. The molecule has 0 spiro atoms. The number of hydrogen-bond acceptors (Lipinski definition) is 4. The molecule has 1 N–H and O–H groups in total. The van der Waals surface area contributed by atoms with Gasteiger partial charge < -0.3 is 0 Å². The van der Waals surface area contributed by atoms with E-state index in [1.54, 1.807) is 10.7 Å². The van der Waals surface area contributed by atoms with Crippen molar-refractivity contribution < 1.29 is 4.79 Å². The van der Waals surface area contributed by atoms with Gasteiger partial charge in [-0.15, -0.1) is 0 Å². The van der Waals surface area contributed by atoms with Crippen molar-refractivity contribution in [2.75, 3.05) is 5.32 Å². The van der Waals surface area contributed by atoms with Gasteiger partial charge in [0.25, 0.3) is 5.91 Å². The lowest BCUT2D eigenvalue weighted by molar-refractivity contribution is 0.101. The molecule has 0 saturated heterocycles. The van der Waals surface area contributed by atoms with Crippen molar-refractivity contribution in [3.05, 3.63) is 34.9 Å². The van der Waals surface area contributed by atoms with Crippen molar-refractivity contribution in [3.63, 3.8) is 0 Å². The Balaban J connectivity index is 2.21. The van der Waals surface area contributed by atoms with Crippen molar-refractivity contribution in [2.24, 2.45) is 0 Å². The molecule has 2 aromatic rings. The lowest BCUT2D eigenvalue weighted by atomic mass is 10.3. The largest absolute Gasteiger partial charge is 0.289 e. The maximum atomic E-state index is 12.0. The smallest absolute Gasteiger partial charge is 0.276 e. The molecule has 2 rings (SSSR count). The molecule has 94 valence electrons. The van der Waals surface area contributed by atoms with Crippen LogP contribution in [0.15, 0.2) is 18.3 Å². The van der Waals surface area contributed by atoms with E-state index in [1.807, 2.05) is 13.8 Å². The van der Waals surface area contributed by atoms with E-state index in [0.29, 0.717) is 12.2 Å². The Hall–Kier alpha value is -1.95. The lowest BCUT2D eigenvalue weighted by Crippen LogP contribution is -2.18. The van der Waals surface area contributed by atoms with Gasteiger partial charge in [-0.25, -0.2) is 9.97 Å². The van der Waals surface area contributed by atoms with Crippen LogP contribution in [0.4, 0.5) is 5.95 Å². The molecule has 0 aliphatic rings. The molecule has 2 aromatic heterocycles. The highest BCUT2D eigenvalue weighted by atomic mass is 35.5. The van der Waals surface area contributed by atoms with Gasteiger partial charge in [-0.2, -0.15) is 5.10 Å². The highest BCUT2D eigenvalue weighted by Crippen LogP contribution is 2.09. The Morgan fingerprint density at radius 3 is 3.00 bits per heavy atom. The van der Waals surface area contributed by atoms with Gasteiger partial charge in [0.15, 0.2) is 0 Å². The van der Waals surface area contributed by atoms with Crippen LogP contribution in [0.25, 0.3) is 0 Å². The van der Waals surface area contributed by atoms with E-state index in [1.165, 1.54) is 12.3 Å². The van der Waals surface area contributed by atoms with Crippen LogP contribution in [0, 0.1) is 6.92 Å². The molecular weight excluding hydrogens is 254 g/mol. The van der Waals surface area contributed by atoms with Crippen molar-refractivity contribution in [1.82, 2.24) is 19.7 Å². The third-order valence-corrected chi connectivity index (χ3v) is 2.49. The second-order valence-corrected chi connectivity index (χ2v) is 4.03. The number of anilines is 1. The summed E-state index contributed by atoms with van der Waals surface area (Å²) in [4.78, 5) is 19.8. The monoisotopic (exact) mass is 265 g/mol. The van der Waals surface area contributed by atoms with Crippen LogP contribution < -0.4 is 5.32 Å². The van der Waals surface area contributed by atoms with E-state index in [9.17, 15) is 4.79 Å². The van der Waals surface area contributed by atoms with Gasteiger partial charge in [0.05, 0.1) is 5.69 Å². The number of halogens is 1. The van der Waals surface area contributed by atoms with E-state index in [0.717, 1.165) is 5.69 Å². The third-order valence-electron chi connectivity index (χ3n) is 2.28. The summed E-state index contributed by atoms with van der Waals surface area (Å²) in [5.41, 5.74) is 1.26. The molecule has 0 saturated carbocycles. The van der Waals surface area contributed by atoms with E-state index < -0.39 is 0 Å². The van der Waals surface area contributed by atoms with E-state index >= 15 is 0 Å². The van der Waals surface area contributed by atoms with Gasteiger partial charge in [0.1, 0.15) is 10.8 Å². The maximum absolute atomic E-state index is 12.0. The van der Waals surface area contributed by atoms with E-state index in [4.69, 9.17) is 11.6 Å². The van der Waals surface area contributed by atoms with Crippen molar-refractivity contribution in [3.8, 4) is 0 Å². The number of hydrogen-bond donors (Lipinski definition) is 1. The number of carbonyl (C=O) groups excluding carboxylic acids is 1. The van der Waals surface area contributed by atoms with Gasteiger partial charge >= 0.3 is 0 Å². The minimum atomic E-state index is -0.306. The highest BCUT2D eigenvalue weighted by molar-refractivity contribution is 6.29. The van der Waals surface area contributed by atoms with Gasteiger partial charge in [-0.3, -0.25) is 14.8 Å². The maximum Gasteiger partial charge on any atom is 0.276 e. The van der Waals surface area contributed by atoms with Gasteiger partial charge in [0, 0.05) is 12.7 Å². The molecule has 0 aromatic carbocycles. The van der Waals surface area contributed by atoms with Crippen molar-refractivity contribution in [1.29, 1.82) is 0 Å². The summed E-state index contributed by atoms with van der Waals surface area (Å²) >= 11 is 5.72. The Morgan fingerprint density at radius 1 is 1.56 bits per heavy atom. The standard InChI is InChI=1S/C11H12ClN5O/c1-3-17-8(6-7(2)16-17)10(18)15-11-13-5-4-9(12)14-11/h4-6H,3H2,1-2H3,(H,13,14,15,18). The van der Waals surface area contributed by atoms with E-state index in [2.05, 4.69) is 20.4 Å². The summed E-state index contributed by atoms with van der Waals surface area (Å²) in [6, 6.07) is 3.25. The average molecular weight is 266 g/mol. The van der Waals surface area contributed by atoms with Crippen LogP contribution in [-0.2, 0) is 6.54 Å². The Kier molecular flexibility index (Phi) is 3.57. The summed E-state index contributed by atoms with van der Waals surface area (Å²) in [6.45, 7) is 4.37. The zero-order chi connectivity index (χ0) is 13.1. The molecule has 0 bridgehead atoms. The Morgan fingerprint density at radius 2 is 2.33 bits per heavy atom. The SMILES string of the molecule is CCn1nc(C)cc1C(=O)Nc1nccc(Cl)n1. The Labute approximate surface area is 109 Å². The predicted octanol–water partition coefficient (Wildman–Crippen LogP) is 1.91. The number of aromatic nitrogens is 4. The van der Waals surface area contributed by atoms with Crippen LogP contribution in [-0.4, -0.2) is 25.7 Å². The average Bonchev–Trinajstić information content (AvgIpc) is 2.70. The molecule has 6 nitrogen and oxygen atoms in total.